The number of rotatable bonds is 8. The summed E-state index contributed by atoms with van der Waals surface area (Å²) in [5.74, 6) is 0.731. The summed E-state index contributed by atoms with van der Waals surface area (Å²) in [5, 5.41) is 6.12. The first-order valence-electron chi connectivity index (χ1n) is 6.92. The summed E-state index contributed by atoms with van der Waals surface area (Å²) in [7, 11) is 0. The van der Waals surface area contributed by atoms with E-state index in [-0.39, 0.29) is 11.9 Å². The molecule has 0 radical (unpaired) electrons. The Balaban J connectivity index is 2.58. The average molecular weight is 264 g/mol. The molecule has 0 saturated carbocycles. The molecule has 0 spiro atoms. The van der Waals surface area contributed by atoms with Crippen molar-refractivity contribution in [1.82, 2.24) is 5.32 Å². The fourth-order valence-corrected chi connectivity index (χ4v) is 1.81. The zero-order valence-corrected chi connectivity index (χ0v) is 12.0. The number of carbonyl (C=O) groups is 1. The first-order chi connectivity index (χ1) is 9.17. The molecular weight excluding hydrogens is 240 g/mol. The van der Waals surface area contributed by atoms with E-state index in [4.69, 9.17) is 4.74 Å². The summed E-state index contributed by atoms with van der Waals surface area (Å²) in [5.41, 5.74) is 0.740. The third-order valence-corrected chi connectivity index (χ3v) is 2.67. The van der Waals surface area contributed by atoms with Crippen molar-refractivity contribution >= 4 is 11.6 Å². The van der Waals surface area contributed by atoms with E-state index in [1.807, 2.05) is 38.1 Å². The molecule has 1 rings (SSSR count). The first kappa shape index (κ1) is 15.5. The number of anilines is 1. The number of para-hydroxylation sites is 2. The standard InChI is InChI=1S/C15H24N2O2/c1-4-10-19-14-9-7-6-8-13(14)17-15(18)11-12(3)16-5-2/h6-9,12,16H,4-5,10-11H2,1-3H3,(H,17,18). The molecule has 1 atom stereocenters. The Bertz CT molecular complexity index is 393. The third kappa shape index (κ3) is 5.75. The Morgan fingerprint density at radius 3 is 2.74 bits per heavy atom. The number of amides is 1. The number of hydrogen-bond acceptors (Lipinski definition) is 3. The van der Waals surface area contributed by atoms with E-state index in [9.17, 15) is 4.79 Å². The van der Waals surface area contributed by atoms with E-state index in [1.165, 1.54) is 0 Å². The van der Waals surface area contributed by atoms with E-state index in [0.717, 1.165) is 24.4 Å². The van der Waals surface area contributed by atoms with Crippen LogP contribution >= 0.6 is 0 Å². The van der Waals surface area contributed by atoms with Crippen molar-refractivity contribution in [3.05, 3.63) is 24.3 Å². The molecule has 0 heterocycles. The van der Waals surface area contributed by atoms with Crippen molar-refractivity contribution in [2.45, 2.75) is 39.7 Å². The predicted molar refractivity (Wildman–Crippen MR) is 78.6 cm³/mol. The highest BCUT2D eigenvalue weighted by Gasteiger charge is 2.10. The second-order valence-electron chi connectivity index (χ2n) is 4.56. The van der Waals surface area contributed by atoms with Gasteiger partial charge >= 0.3 is 0 Å². The molecule has 0 aliphatic carbocycles. The predicted octanol–water partition coefficient (Wildman–Crippen LogP) is 2.80. The van der Waals surface area contributed by atoms with Crippen LogP contribution in [-0.2, 0) is 4.79 Å². The Labute approximate surface area is 115 Å². The van der Waals surface area contributed by atoms with E-state index in [1.54, 1.807) is 0 Å². The van der Waals surface area contributed by atoms with Gasteiger partial charge in [0.15, 0.2) is 0 Å². The van der Waals surface area contributed by atoms with Crippen molar-refractivity contribution in [3.63, 3.8) is 0 Å². The molecule has 1 aromatic carbocycles. The Morgan fingerprint density at radius 1 is 1.32 bits per heavy atom. The Morgan fingerprint density at radius 2 is 2.05 bits per heavy atom. The zero-order valence-electron chi connectivity index (χ0n) is 12.0. The zero-order chi connectivity index (χ0) is 14.1. The minimum absolute atomic E-state index is 0.000925. The topological polar surface area (TPSA) is 50.4 Å². The van der Waals surface area contributed by atoms with Crippen LogP contribution in [0.15, 0.2) is 24.3 Å². The summed E-state index contributed by atoms with van der Waals surface area (Å²) in [6.45, 7) is 7.61. The molecule has 19 heavy (non-hydrogen) atoms. The first-order valence-corrected chi connectivity index (χ1v) is 6.92. The van der Waals surface area contributed by atoms with Crippen LogP contribution in [0.25, 0.3) is 0 Å². The summed E-state index contributed by atoms with van der Waals surface area (Å²) >= 11 is 0. The van der Waals surface area contributed by atoms with Crippen LogP contribution < -0.4 is 15.4 Å². The smallest absolute Gasteiger partial charge is 0.226 e. The Hall–Kier alpha value is -1.55. The molecule has 4 nitrogen and oxygen atoms in total. The fraction of sp³-hybridized carbons (Fsp3) is 0.533. The van der Waals surface area contributed by atoms with Crippen molar-refractivity contribution in [1.29, 1.82) is 0 Å². The van der Waals surface area contributed by atoms with Crippen LogP contribution in [0, 0.1) is 0 Å². The van der Waals surface area contributed by atoms with Crippen LogP contribution in [0.3, 0.4) is 0 Å². The third-order valence-electron chi connectivity index (χ3n) is 2.67. The maximum Gasteiger partial charge on any atom is 0.226 e. The molecular formula is C15H24N2O2. The summed E-state index contributed by atoms with van der Waals surface area (Å²) in [4.78, 5) is 11.9. The normalized spacial score (nSPS) is 11.9. The molecule has 0 aliphatic heterocycles. The summed E-state index contributed by atoms with van der Waals surface area (Å²) in [6, 6.07) is 7.71. The van der Waals surface area contributed by atoms with E-state index in [0.29, 0.717) is 13.0 Å². The summed E-state index contributed by atoms with van der Waals surface area (Å²) in [6.07, 6.45) is 1.40. The van der Waals surface area contributed by atoms with Crippen LogP contribution in [0.1, 0.15) is 33.6 Å². The van der Waals surface area contributed by atoms with Crippen molar-refractivity contribution < 1.29 is 9.53 Å². The van der Waals surface area contributed by atoms with E-state index in [2.05, 4.69) is 17.6 Å². The highest BCUT2D eigenvalue weighted by atomic mass is 16.5. The van der Waals surface area contributed by atoms with Crippen molar-refractivity contribution in [3.8, 4) is 5.75 Å². The molecule has 0 saturated heterocycles. The number of benzene rings is 1. The minimum Gasteiger partial charge on any atom is -0.491 e. The van der Waals surface area contributed by atoms with Crippen LogP contribution in [0.5, 0.6) is 5.75 Å². The summed E-state index contributed by atoms with van der Waals surface area (Å²) < 4.78 is 5.61. The lowest BCUT2D eigenvalue weighted by molar-refractivity contribution is -0.116. The fourth-order valence-electron chi connectivity index (χ4n) is 1.81. The van der Waals surface area contributed by atoms with Gasteiger partial charge in [0, 0.05) is 12.5 Å². The quantitative estimate of drug-likeness (QED) is 0.759. The molecule has 1 aromatic rings. The van der Waals surface area contributed by atoms with Gasteiger partial charge in [-0.15, -0.1) is 0 Å². The van der Waals surface area contributed by atoms with Gasteiger partial charge in [-0.05, 0) is 32.0 Å². The van der Waals surface area contributed by atoms with Crippen molar-refractivity contribution in [2.24, 2.45) is 0 Å². The second-order valence-corrected chi connectivity index (χ2v) is 4.56. The van der Waals surface area contributed by atoms with E-state index >= 15 is 0 Å². The number of ether oxygens (including phenoxy) is 1. The molecule has 0 aromatic heterocycles. The van der Waals surface area contributed by atoms with Gasteiger partial charge in [0.05, 0.1) is 12.3 Å². The van der Waals surface area contributed by atoms with Crippen molar-refractivity contribution in [2.75, 3.05) is 18.5 Å². The SMILES string of the molecule is CCCOc1ccccc1NC(=O)CC(C)NCC. The van der Waals surface area contributed by atoms with Crippen LogP contribution in [0.2, 0.25) is 0 Å². The van der Waals surface area contributed by atoms with Gasteiger partial charge in [-0.1, -0.05) is 26.0 Å². The minimum atomic E-state index is 0.000925. The molecule has 1 amide bonds. The molecule has 106 valence electrons. The average Bonchev–Trinajstić information content (AvgIpc) is 2.37. The van der Waals surface area contributed by atoms with Gasteiger partial charge in [0.25, 0.3) is 0 Å². The second kappa shape index (κ2) is 8.53. The maximum atomic E-state index is 11.9. The molecule has 1 unspecified atom stereocenters. The van der Waals surface area contributed by atoms with Gasteiger partial charge < -0.3 is 15.4 Å². The molecule has 0 fully saturated rings. The van der Waals surface area contributed by atoms with Gasteiger partial charge in [-0.25, -0.2) is 0 Å². The molecule has 4 heteroatoms. The number of hydrogen-bond donors (Lipinski definition) is 2. The van der Waals surface area contributed by atoms with Gasteiger partial charge in [-0.2, -0.15) is 0 Å². The highest BCUT2D eigenvalue weighted by molar-refractivity contribution is 5.92. The lowest BCUT2D eigenvalue weighted by atomic mass is 10.2. The molecule has 0 bridgehead atoms. The molecule has 2 N–H and O–H groups in total. The highest BCUT2D eigenvalue weighted by Crippen LogP contribution is 2.24. The number of nitrogens with one attached hydrogen (secondary N) is 2. The monoisotopic (exact) mass is 264 g/mol. The lowest BCUT2D eigenvalue weighted by Gasteiger charge is -2.14. The van der Waals surface area contributed by atoms with Gasteiger partial charge in [0.2, 0.25) is 5.91 Å². The maximum absolute atomic E-state index is 11.9. The lowest BCUT2D eigenvalue weighted by Crippen LogP contribution is -2.30. The molecule has 0 aliphatic rings. The van der Waals surface area contributed by atoms with E-state index < -0.39 is 0 Å². The number of carbonyl (C=O) groups excluding carboxylic acids is 1. The Kier molecular flexibility index (Phi) is 6.97. The van der Waals surface area contributed by atoms with Gasteiger partial charge in [-0.3, -0.25) is 4.79 Å². The van der Waals surface area contributed by atoms with Crippen LogP contribution in [0.4, 0.5) is 5.69 Å². The largest absolute Gasteiger partial charge is 0.491 e. The van der Waals surface area contributed by atoms with Gasteiger partial charge in [0.1, 0.15) is 5.75 Å². The van der Waals surface area contributed by atoms with Crippen LogP contribution in [-0.4, -0.2) is 25.1 Å².